The van der Waals surface area contributed by atoms with Gasteiger partial charge in [0.2, 0.25) is 11.8 Å². The summed E-state index contributed by atoms with van der Waals surface area (Å²) in [5, 5.41) is 0. The molecule has 2 amide bonds. The Hall–Kier alpha value is -3.98. The Bertz CT molecular complexity index is 1180. The highest BCUT2D eigenvalue weighted by Gasteiger charge is 2.34. The smallest absolute Gasteiger partial charge is 0.249 e. The normalized spacial score (nSPS) is 15.4. The molecule has 1 heterocycles. The average Bonchev–Trinajstić information content (AvgIpc) is 2.78. The fourth-order valence-electron chi connectivity index (χ4n) is 3.98. The summed E-state index contributed by atoms with van der Waals surface area (Å²) in [5.74, 6) is -2.42. The van der Waals surface area contributed by atoms with E-state index < -0.39 is 23.4 Å². The van der Waals surface area contributed by atoms with Crippen LogP contribution in [0.5, 0.6) is 0 Å². The molecule has 0 saturated carbocycles. The minimum absolute atomic E-state index is 0.0337. The van der Waals surface area contributed by atoms with E-state index in [-0.39, 0.29) is 23.7 Å². The average molecular weight is 437 g/mol. The molecule has 3 aromatic rings. The Morgan fingerprint density at radius 1 is 0.812 bits per heavy atom. The van der Waals surface area contributed by atoms with Crippen LogP contribution in [0.25, 0.3) is 0 Å². The van der Waals surface area contributed by atoms with Crippen LogP contribution in [0.2, 0.25) is 0 Å². The highest BCUT2D eigenvalue weighted by atomic mass is 19.1. The minimum Gasteiger partial charge on any atom is -0.366 e. The first-order valence-corrected chi connectivity index (χ1v) is 9.85. The van der Waals surface area contributed by atoms with Gasteiger partial charge in [-0.25, -0.2) is 8.78 Å². The number of benzene rings is 3. The molecule has 9 heteroatoms. The van der Waals surface area contributed by atoms with Crippen molar-refractivity contribution in [2.75, 3.05) is 22.9 Å². The van der Waals surface area contributed by atoms with Gasteiger partial charge in [-0.2, -0.15) is 0 Å². The molecule has 0 bridgehead atoms. The van der Waals surface area contributed by atoms with Crippen LogP contribution >= 0.6 is 0 Å². The number of nitrogens with zero attached hydrogens (tertiary/aromatic N) is 2. The maximum absolute atomic E-state index is 13.6. The standard InChI is InChI=1S/C23H21F2N5O2/c24-13-1-5-15(6-2-13)29-12-17(11-26)30(16-7-3-14(25)4-8-16)21-10-19(23(28)32)18(22(27)31)9-20(21)29/h1-10,17H,11-12,26H2,(H2,27,31)(H2,28,32). The molecule has 3 aromatic carbocycles. The number of rotatable bonds is 5. The molecule has 4 rings (SSSR count). The van der Waals surface area contributed by atoms with Crippen LogP contribution in [0, 0.1) is 11.6 Å². The van der Waals surface area contributed by atoms with Gasteiger partial charge in [-0.3, -0.25) is 9.59 Å². The topological polar surface area (TPSA) is 119 Å². The van der Waals surface area contributed by atoms with Crippen molar-refractivity contribution in [3.8, 4) is 0 Å². The molecule has 7 nitrogen and oxygen atoms in total. The van der Waals surface area contributed by atoms with Gasteiger partial charge in [0.1, 0.15) is 11.6 Å². The lowest BCUT2D eigenvalue weighted by Crippen LogP contribution is -2.49. The molecule has 0 saturated heterocycles. The third-order valence-corrected chi connectivity index (χ3v) is 5.47. The van der Waals surface area contributed by atoms with Gasteiger partial charge < -0.3 is 27.0 Å². The van der Waals surface area contributed by atoms with Gasteiger partial charge >= 0.3 is 0 Å². The van der Waals surface area contributed by atoms with Gasteiger partial charge in [-0.1, -0.05) is 0 Å². The van der Waals surface area contributed by atoms with Crippen LogP contribution in [-0.2, 0) is 0 Å². The third-order valence-electron chi connectivity index (χ3n) is 5.47. The van der Waals surface area contributed by atoms with Gasteiger partial charge in [-0.05, 0) is 60.7 Å². The summed E-state index contributed by atoms with van der Waals surface area (Å²) in [5.41, 5.74) is 19.4. The van der Waals surface area contributed by atoms with E-state index in [4.69, 9.17) is 17.2 Å². The second kappa shape index (κ2) is 8.27. The number of hydrogen-bond acceptors (Lipinski definition) is 5. The van der Waals surface area contributed by atoms with E-state index in [0.717, 1.165) is 0 Å². The Labute approximate surface area is 183 Å². The number of hydrogen-bond donors (Lipinski definition) is 3. The number of amides is 2. The number of fused-ring (bicyclic) bond motifs is 1. The van der Waals surface area contributed by atoms with Gasteiger partial charge in [0.15, 0.2) is 0 Å². The van der Waals surface area contributed by atoms with Crippen molar-refractivity contribution in [1.29, 1.82) is 0 Å². The van der Waals surface area contributed by atoms with Crippen molar-refractivity contribution in [3.05, 3.63) is 83.4 Å². The largest absolute Gasteiger partial charge is 0.366 e. The van der Waals surface area contributed by atoms with Crippen molar-refractivity contribution >= 4 is 34.6 Å². The van der Waals surface area contributed by atoms with E-state index in [1.165, 1.54) is 36.4 Å². The fraction of sp³-hybridized carbons (Fsp3) is 0.130. The van der Waals surface area contributed by atoms with Crippen LogP contribution in [0.4, 0.5) is 31.5 Å². The number of carbonyl (C=O) groups is 2. The minimum atomic E-state index is -0.816. The van der Waals surface area contributed by atoms with Gasteiger partial charge in [-0.15, -0.1) is 0 Å². The van der Waals surface area contributed by atoms with E-state index in [2.05, 4.69) is 0 Å². The molecular weight excluding hydrogens is 416 g/mol. The van der Waals surface area contributed by atoms with Crippen molar-refractivity contribution in [1.82, 2.24) is 0 Å². The number of anilines is 4. The second-order valence-corrected chi connectivity index (χ2v) is 7.44. The van der Waals surface area contributed by atoms with Crippen LogP contribution in [-0.4, -0.2) is 30.9 Å². The van der Waals surface area contributed by atoms with Crippen molar-refractivity contribution in [3.63, 3.8) is 0 Å². The van der Waals surface area contributed by atoms with Gasteiger partial charge in [0, 0.05) is 24.5 Å². The summed E-state index contributed by atoms with van der Waals surface area (Å²) in [6.07, 6.45) is 0. The number of nitrogens with two attached hydrogens (primary N) is 3. The van der Waals surface area contributed by atoms with E-state index in [1.54, 1.807) is 24.3 Å². The molecular formula is C23H21F2N5O2. The quantitative estimate of drug-likeness (QED) is 0.567. The van der Waals surface area contributed by atoms with E-state index in [1.807, 2.05) is 9.80 Å². The predicted molar refractivity (Wildman–Crippen MR) is 118 cm³/mol. The van der Waals surface area contributed by atoms with Gasteiger partial charge in [0.25, 0.3) is 0 Å². The predicted octanol–water partition coefficient (Wildman–Crippen LogP) is 2.78. The molecule has 1 aliphatic rings. The maximum Gasteiger partial charge on any atom is 0.249 e. The molecule has 6 N–H and O–H groups in total. The Kier molecular flexibility index (Phi) is 5.50. The molecule has 32 heavy (non-hydrogen) atoms. The first kappa shape index (κ1) is 21.3. The van der Waals surface area contributed by atoms with Crippen LogP contribution in [0.1, 0.15) is 20.7 Å². The van der Waals surface area contributed by atoms with E-state index >= 15 is 0 Å². The highest BCUT2D eigenvalue weighted by molar-refractivity contribution is 6.09. The molecule has 0 aromatic heterocycles. The summed E-state index contributed by atoms with van der Waals surface area (Å²) in [4.78, 5) is 27.9. The zero-order chi connectivity index (χ0) is 23.0. The highest BCUT2D eigenvalue weighted by Crippen LogP contribution is 2.44. The number of carbonyl (C=O) groups excluding carboxylic acids is 2. The lowest BCUT2D eigenvalue weighted by atomic mass is 9.97. The lowest BCUT2D eigenvalue weighted by molar-refractivity contribution is 0.0967. The van der Waals surface area contributed by atoms with Crippen LogP contribution < -0.4 is 27.0 Å². The zero-order valence-corrected chi connectivity index (χ0v) is 17.0. The number of primary amides is 2. The summed E-state index contributed by atoms with van der Waals surface area (Å²) < 4.78 is 27.1. The molecule has 1 unspecified atom stereocenters. The van der Waals surface area contributed by atoms with Crippen molar-refractivity contribution in [2.24, 2.45) is 17.2 Å². The summed E-state index contributed by atoms with van der Waals surface area (Å²) in [7, 11) is 0. The van der Waals surface area contributed by atoms with Crippen molar-refractivity contribution < 1.29 is 18.4 Å². The van der Waals surface area contributed by atoms with E-state index in [0.29, 0.717) is 29.3 Å². The maximum atomic E-state index is 13.6. The van der Waals surface area contributed by atoms with Crippen molar-refractivity contribution in [2.45, 2.75) is 6.04 Å². The zero-order valence-electron chi connectivity index (χ0n) is 17.0. The summed E-state index contributed by atoms with van der Waals surface area (Å²) >= 11 is 0. The fourth-order valence-corrected chi connectivity index (χ4v) is 3.98. The SMILES string of the molecule is NCC1CN(c2ccc(F)cc2)c2cc(C(N)=O)c(C(N)=O)cc2N1c1ccc(F)cc1. The molecule has 0 radical (unpaired) electrons. The molecule has 0 aliphatic carbocycles. The Morgan fingerprint density at radius 2 is 1.28 bits per heavy atom. The molecule has 164 valence electrons. The first-order chi connectivity index (χ1) is 15.3. The number of halogens is 2. The summed E-state index contributed by atoms with van der Waals surface area (Å²) in [6.45, 7) is 0.596. The van der Waals surface area contributed by atoms with Crippen LogP contribution in [0.3, 0.4) is 0 Å². The van der Waals surface area contributed by atoms with Gasteiger partial charge in [0.05, 0.1) is 28.5 Å². The van der Waals surface area contributed by atoms with E-state index in [9.17, 15) is 18.4 Å². The van der Waals surface area contributed by atoms with Crippen LogP contribution in [0.15, 0.2) is 60.7 Å². The monoisotopic (exact) mass is 437 g/mol. The lowest BCUT2D eigenvalue weighted by Gasteiger charge is -2.44. The molecule has 1 atom stereocenters. The Balaban J connectivity index is 1.99. The third kappa shape index (κ3) is 3.74. The second-order valence-electron chi connectivity index (χ2n) is 7.44. The summed E-state index contributed by atoms with van der Waals surface area (Å²) in [6, 6.07) is 14.4. The Morgan fingerprint density at radius 3 is 1.75 bits per heavy atom. The molecule has 1 aliphatic heterocycles. The molecule has 0 spiro atoms. The first-order valence-electron chi connectivity index (χ1n) is 9.85. The molecule has 0 fully saturated rings.